The van der Waals surface area contributed by atoms with Gasteiger partial charge in [-0.15, -0.1) is 0 Å². The van der Waals surface area contributed by atoms with Gasteiger partial charge in [-0.05, 0) is 31.9 Å². The third kappa shape index (κ3) is 3.64. The molecule has 2 rings (SSSR count). The third-order valence-corrected chi connectivity index (χ3v) is 3.55. The van der Waals surface area contributed by atoms with Crippen LogP contribution in [0.2, 0.25) is 0 Å². The molecule has 5 nitrogen and oxygen atoms in total. The molecule has 1 aliphatic rings. The lowest BCUT2D eigenvalue weighted by Crippen LogP contribution is -2.50. The van der Waals surface area contributed by atoms with Gasteiger partial charge in [0.1, 0.15) is 12.4 Å². The first kappa shape index (κ1) is 16.5. The van der Waals surface area contributed by atoms with Crippen molar-refractivity contribution < 1.29 is 19.0 Å². The molecule has 22 heavy (non-hydrogen) atoms. The Labute approximate surface area is 132 Å². The number of fused-ring (bicyclic) bond motifs is 1. The zero-order chi connectivity index (χ0) is 16.3. The molecule has 1 unspecified atom stereocenters. The van der Waals surface area contributed by atoms with Gasteiger partial charge in [-0.2, -0.15) is 0 Å². The van der Waals surface area contributed by atoms with Crippen molar-refractivity contribution in [3.8, 4) is 17.2 Å². The first-order chi connectivity index (χ1) is 10.4. The van der Waals surface area contributed by atoms with E-state index in [0.29, 0.717) is 29.7 Å². The van der Waals surface area contributed by atoms with Gasteiger partial charge in [0.05, 0.1) is 7.11 Å². The summed E-state index contributed by atoms with van der Waals surface area (Å²) in [4.78, 5) is 14.6. The van der Waals surface area contributed by atoms with Crippen molar-refractivity contribution in [3.05, 3.63) is 18.2 Å². The largest absolute Gasteiger partial charge is 0.497 e. The van der Waals surface area contributed by atoms with Crippen molar-refractivity contribution in [3.63, 3.8) is 0 Å². The number of hydrogen-bond acceptors (Lipinski definition) is 4. The molecule has 5 heteroatoms. The molecule has 0 radical (unpaired) electrons. The summed E-state index contributed by atoms with van der Waals surface area (Å²) in [6, 6.07) is 5.48. The second kappa shape index (κ2) is 6.90. The predicted octanol–water partition coefficient (Wildman–Crippen LogP) is 2.73. The van der Waals surface area contributed by atoms with Crippen LogP contribution in [-0.2, 0) is 4.79 Å². The number of carbonyl (C=O) groups excluding carboxylic acids is 1. The molecular weight excluding hydrogens is 282 g/mol. The van der Waals surface area contributed by atoms with E-state index in [4.69, 9.17) is 14.2 Å². The van der Waals surface area contributed by atoms with Gasteiger partial charge in [-0.3, -0.25) is 4.79 Å². The number of ether oxygens (including phenoxy) is 3. The van der Waals surface area contributed by atoms with E-state index in [9.17, 15) is 4.79 Å². The van der Waals surface area contributed by atoms with E-state index in [0.717, 1.165) is 0 Å². The average molecular weight is 307 g/mol. The molecule has 1 aromatic rings. The second-order valence-electron chi connectivity index (χ2n) is 6.21. The number of amides is 1. The molecule has 1 amide bonds. The minimum Gasteiger partial charge on any atom is -0.497 e. The van der Waals surface area contributed by atoms with E-state index in [1.807, 2.05) is 24.8 Å². The Bertz CT molecular complexity index is 527. The van der Waals surface area contributed by atoms with Gasteiger partial charge in [0.25, 0.3) is 5.91 Å². The summed E-state index contributed by atoms with van der Waals surface area (Å²) in [5, 5.41) is 0. The topological polar surface area (TPSA) is 48.0 Å². The molecule has 0 bridgehead atoms. The van der Waals surface area contributed by atoms with Crippen LogP contribution >= 0.6 is 0 Å². The Morgan fingerprint density at radius 3 is 2.64 bits per heavy atom. The van der Waals surface area contributed by atoms with Crippen molar-refractivity contribution in [1.29, 1.82) is 0 Å². The molecule has 1 aliphatic heterocycles. The van der Waals surface area contributed by atoms with Gasteiger partial charge in [-0.25, -0.2) is 0 Å². The van der Waals surface area contributed by atoms with Gasteiger partial charge >= 0.3 is 0 Å². The maximum Gasteiger partial charge on any atom is 0.267 e. The fraction of sp³-hybridized carbons (Fsp3) is 0.588. The van der Waals surface area contributed by atoms with Crippen molar-refractivity contribution in [2.24, 2.45) is 5.92 Å². The van der Waals surface area contributed by atoms with Crippen LogP contribution in [0.4, 0.5) is 0 Å². The summed E-state index contributed by atoms with van der Waals surface area (Å²) >= 11 is 0. The van der Waals surface area contributed by atoms with Crippen molar-refractivity contribution >= 4 is 5.91 Å². The van der Waals surface area contributed by atoms with Crippen LogP contribution in [0, 0.1) is 5.92 Å². The number of nitrogens with zero attached hydrogens (tertiary/aromatic N) is 1. The summed E-state index contributed by atoms with van der Waals surface area (Å²) in [6.45, 7) is 9.17. The third-order valence-electron chi connectivity index (χ3n) is 3.55. The fourth-order valence-electron chi connectivity index (χ4n) is 2.43. The predicted molar refractivity (Wildman–Crippen MR) is 84.6 cm³/mol. The summed E-state index contributed by atoms with van der Waals surface area (Å²) in [6.07, 6.45) is -0.610. The molecular formula is C17H25NO4. The molecule has 0 aliphatic carbocycles. The molecule has 0 spiro atoms. The Kier molecular flexibility index (Phi) is 5.16. The standard InChI is InChI=1S/C17H25NO4/c1-11(2)9-18(12(3)4)17(19)16-10-21-14-7-6-13(20-5)8-15(14)22-16/h6-8,11-12,16H,9-10H2,1-5H3. The normalized spacial score (nSPS) is 16.8. The minimum atomic E-state index is -0.610. The summed E-state index contributed by atoms with van der Waals surface area (Å²) in [5.74, 6) is 2.25. The Morgan fingerprint density at radius 1 is 1.32 bits per heavy atom. The van der Waals surface area contributed by atoms with Crippen molar-refractivity contribution in [1.82, 2.24) is 4.90 Å². The van der Waals surface area contributed by atoms with E-state index in [1.54, 1.807) is 19.2 Å². The maximum atomic E-state index is 12.7. The van der Waals surface area contributed by atoms with Gasteiger partial charge < -0.3 is 19.1 Å². The first-order valence-electron chi connectivity index (χ1n) is 7.70. The SMILES string of the molecule is COc1ccc2c(c1)OC(C(=O)N(CC(C)C)C(C)C)CO2. The first-order valence-corrected chi connectivity index (χ1v) is 7.70. The molecule has 122 valence electrons. The number of rotatable bonds is 5. The average Bonchev–Trinajstić information content (AvgIpc) is 2.50. The molecule has 0 fully saturated rings. The second-order valence-corrected chi connectivity index (χ2v) is 6.21. The highest BCUT2D eigenvalue weighted by Gasteiger charge is 2.32. The lowest BCUT2D eigenvalue weighted by molar-refractivity contribution is -0.143. The summed E-state index contributed by atoms with van der Waals surface area (Å²) in [5.41, 5.74) is 0. The summed E-state index contributed by atoms with van der Waals surface area (Å²) < 4.78 is 16.7. The fourth-order valence-corrected chi connectivity index (χ4v) is 2.43. The molecule has 1 atom stereocenters. The van der Waals surface area contributed by atoms with Crippen LogP contribution in [0.1, 0.15) is 27.7 Å². The molecule has 0 N–H and O–H groups in total. The van der Waals surface area contributed by atoms with Crippen LogP contribution in [0.25, 0.3) is 0 Å². The van der Waals surface area contributed by atoms with Crippen molar-refractivity contribution in [2.45, 2.75) is 39.8 Å². The molecule has 0 aromatic heterocycles. The molecule has 0 saturated heterocycles. The Hall–Kier alpha value is -1.91. The maximum absolute atomic E-state index is 12.7. The lowest BCUT2D eigenvalue weighted by Gasteiger charge is -2.34. The number of carbonyl (C=O) groups is 1. The molecule has 1 aromatic carbocycles. The van der Waals surface area contributed by atoms with Gasteiger partial charge in [0.2, 0.25) is 6.10 Å². The number of methoxy groups -OCH3 is 1. The smallest absolute Gasteiger partial charge is 0.267 e. The van der Waals surface area contributed by atoms with Crippen LogP contribution in [-0.4, -0.2) is 43.2 Å². The zero-order valence-electron chi connectivity index (χ0n) is 14.0. The van der Waals surface area contributed by atoms with Gasteiger partial charge in [0, 0.05) is 18.7 Å². The van der Waals surface area contributed by atoms with E-state index >= 15 is 0 Å². The lowest BCUT2D eigenvalue weighted by atomic mass is 10.1. The highest BCUT2D eigenvalue weighted by molar-refractivity contribution is 5.82. The number of hydrogen-bond donors (Lipinski definition) is 0. The van der Waals surface area contributed by atoms with Gasteiger partial charge in [0.15, 0.2) is 11.5 Å². The van der Waals surface area contributed by atoms with Crippen LogP contribution < -0.4 is 14.2 Å². The van der Waals surface area contributed by atoms with E-state index in [2.05, 4.69) is 13.8 Å². The highest BCUT2D eigenvalue weighted by atomic mass is 16.6. The number of benzene rings is 1. The van der Waals surface area contributed by atoms with E-state index in [-0.39, 0.29) is 18.6 Å². The minimum absolute atomic E-state index is 0.0304. The van der Waals surface area contributed by atoms with E-state index in [1.165, 1.54) is 0 Å². The van der Waals surface area contributed by atoms with Crippen LogP contribution in [0.5, 0.6) is 17.2 Å². The highest BCUT2D eigenvalue weighted by Crippen LogP contribution is 2.35. The molecule has 1 heterocycles. The Morgan fingerprint density at radius 2 is 2.05 bits per heavy atom. The van der Waals surface area contributed by atoms with Crippen LogP contribution in [0.3, 0.4) is 0 Å². The van der Waals surface area contributed by atoms with Crippen LogP contribution in [0.15, 0.2) is 18.2 Å². The summed E-state index contributed by atoms with van der Waals surface area (Å²) in [7, 11) is 1.59. The quantitative estimate of drug-likeness (QED) is 0.839. The monoisotopic (exact) mass is 307 g/mol. The molecule has 0 saturated carbocycles. The van der Waals surface area contributed by atoms with E-state index < -0.39 is 6.10 Å². The van der Waals surface area contributed by atoms with Gasteiger partial charge in [-0.1, -0.05) is 13.8 Å². The Balaban J connectivity index is 2.14. The zero-order valence-corrected chi connectivity index (χ0v) is 14.0. The van der Waals surface area contributed by atoms with Crippen molar-refractivity contribution in [2.75, 3.05) is 20.3 Å².